The van der Waals surface area contributed by atoms with Crippen LogP contribution in [0.25, 0.3) is 16.9 Å². The van der Waals surface area contributed by atoms with Gasteiger partial charge in [0, 0.05) is 51.7 Å². The zero-order chi connectivity index (χ0) is 28.1. The van der Waals surface area contributed by atoms with Crippen LogP contribution in [0, 0.1) is 0 Å². The van der Waals surface area contributed by atoms with Gasteiger partial charge < -0.3 is 20.1 Å². The van der Waals surface area contributed by atoms with E-state index in [0.717, 1.165) is 4.90 Å². The first kappa shape index (κ1) is 19.1. The van der Waals surface area contributed by atoms with E-state index < -0.39 is 37.0 Å². The second-order valence-corrected chi connectivity index (χ2v) is 9.73. The molecule has 0 fully saturated rings. The van der Waals surface area contributed by atoms with Crippen LogP contribution >= 0.6 is 0 Å². The zero-order valence-corrected chi connectivity index (χ0v) is 19.5. The predicted octanol–water partition coefficient (Wildman–Crippen LogP) is 3.62. The number of carbonyl (C=O) groups excluding carboxylic acids is 1. The van der Waals surface area contributed by atoms with Crippen molar-refractivity contribution in [2.75, 3.05) is 13.6 Å². The van der Waals surface area contributed by atoms with E-state index in [9.17, 15) is 13.6 Å². The van der Waals surface area contributed by atoms with Crippen LogP contribution in [0.15, 0.2) is 42.7 Å². The lowest BCUT2D eigenvalue weighted by Crippen LogP contribution is -2.35. The summed E-state index contributed by atoms with van der Waals surface area (Å²) >= 11 is 0. The molecule has 5 heterocycles. The van der Waals surface area contributed by atoms with E-state index in [1.807, 2.05) is 6.92 Å². The molecular weight excluding hydrogens is 482 g/mol. The van der Waals surface area contributed by atoms with Gasteiger partial charge in [-0.05, 0) is 37.6 Å². The van der Waals surface area contributed by atoms with Crippen LogP contribution in [0.4, 0.5) is 8.78 Å². The molecule has 3 aliphatic rings. The van der Waals surface area contributed by atoms with E-state index in [2.05, 4.69) is 10.1 Å². The number of amides is 1. The molecule has 188 valence electrons. The first-order valence-electron chi connectivity index (χ1n) is 13.2. The van der Waals surface area contributed by atoms with Crippen molar-refractivity contribution in [3.63, 3.8) is 0 Å². The number of hydrogen-bond acceptors (Lipinski definition) is 7. The maximum absolute atomic E-state index is 13.6. The molecule has 3 atom stereocenters. The molecule has 4 aromatic rings. The Hall–Kier alpha value is -4.12. The molecule has 0 unspecified atom stereocenters. The van der Waals surface area contributed by atoms with Crippen molar-refractivity contribution < 1.29 is 27.2 Å². The van der Waals surface area contributed by atoms with Gasteiger partial charge >= 0.3 is 6.61 Å². The van der Waals surface area contributed by atoms with Crippen LogP contribution in [-0.2, 0) is 5.54 Å². The Labute approximate surface area is 214 Å². The molecule has 7 rings (SSSR count). The number of hydrogen-bond donors (Lipinski definition) is 1. The average molecular weight is 508 g/mol. The Morgan fingerprint density at radius 2 is 2.19 bits per heavy atom. The summed E-state index contributed by atoms with van der Waals surface area (Å²) < 4.78 is 63.3. The normalized spacial score (nSPS) is 25.2. The standard InChI is InChI=1S/C26H22F2N6O3/c1-26(29)11-36-18-8-12(10-30-22(18)26)15-6-7-34-23(31-15)20-14-9-16(21(20)32-34)33(2)24(35)13-4-3-5-17(19(13)14)37-25(27)28/h3-8,10,14,16,25H,9,11,29H2,1-2H3/t14-,16-,26-/m1/s1/i2D3. The second-order valence-electron chi connectivity index (χ2n) is 9.73. The number of ether oxygens (including phenoxy) is 2. The van der Waals surface area contributed by atoms with Gasteiger partial charge in [0.15, 0.2) is 5.65 Å². The number of halogens is 2. The van der Waals surface area contributed by atoms with E-state index in [1.165, 1.54) is 22.7 Å². The van der Waals surface area contributed by atoms with Gasteiger partial charge in [-0.3, -0.25) is 9.78 Å². The smallest absolute Gasteiger partial charge is 0.387 e. The van der Waals surface area contributed by atoms with Gasteiger partial charge in [-0.2, -0.15) is 13.9 Å². The molecule has 1 amide bonds. The third kappa shape index (κ3) is 3.10. The van der Waals surface area contributed by atoms with Crippen molar-refractivity contribution in [3.8, 4) is 22.8 Å². The van der Waals surface area contributed by atoms with Crippen LogP contribution in [-0.4, -0.2) is 50.6 Å². The highest BCUT2D eigenvalue weighted by Gasteiger charge is 2.46. The zero-order valence-electron chi connectivity index (χ0n) is 22.5. The van der Waals surface area contributed by atoms with Crippen molar-refractivity contribution in [3.05, 3.63) is 70.8 Å². The summed E-state index contributed by atoms with van der Waals surface area (Å²) in [5, 5.41) is 4.62. The SMILES string of the molecule is [2H]C([2H])([2H])N1C(=O)c2cccc(OC(F)F)c2[C@H]2C[C@@H]1c1nn3ccc(-c4cnc5c(c4)OC[C@@]5(C)N)nc3c12. The number of aromatic nitrogens is 4. The number of rotatable bonds is 3. The third-order valence-electron chi connectivity index (χ3n) is 7.28. The lowest BCUT2D eigenvalue weighted by molar-refractivity contribution is -0.0505. The van der Waals surface area contributed by atoms with E-state index in [1.54, 1.807) is 24.5 Å². The first-order chi connectivity index (χ1) is 18.9. The van der Waals surface area contributed by atoms with Crippen molar-refractivity contribution in [2.45, 2.75) is 37.5 Å². The van der Waals surface area contributed by atoms with E-state index >= 15 is 0 Å². The summed E-state index contributed by atoms with van der Waals surface area (Å²) in [6.07, 6.45) is 3.45. The highest BCUT2D eigenvalue weighted by atomic mass is 19.3. The molecule has 2 N–H and O–H groups in total. The fraction of sp³-hybridized carbons (Fsp3) is 0.308. The number of carbonyl (C=O) groups is 1. The van der Waals surface area contributed by atoms with Crippen LogP contribution in [0.1, 0.15) is 62.3 Å². The van der Waals surface area contributed by atoms with Crippen molar-refractivity contribution in [1.29, 1.82) is 0 Å². The van der Waals surface area contributed by atoms with E-state index in [4.69, 9.17) is 24.3 Å². The number of nitrogens with two attached hydrogens (primary N) is 1. The molecule has 1 aromatic carbocycles. The summed E-state index contributed by atoms with van der Waals surface area (Å²) in [6.45, 7) is -3.81. The van der Waals surface area contributed by atoms with Crippen LogP contribution in [0.5, 0.6) is 11.5 Å². The molecule has 9 nitrogen and oxygen atoms in total. The van der Waals surface area contributed by atoms with Gasteiger partial charge in [0.2, 0.25) is 0 Å². The predicted molar refractivity (Wildman–Crippen MR) is 128 cm³/mol. The lowest BCUT2D eigenvalue weighted by Gasteiger charge is -2.23. The van der Waals surface area contributed by atoms with Gasteiger partial charge in [-0.1, -0.05) is 6.07 Å². The molecule has 0 saturated heterocycles. The Bertz CT molecular complexity index is 1720. The van der Waals surface area contributed by atoms with Crippen molar-refractivity contribution in [1.82, 2.24) is 24.5 Å². The fourth-order valence-corrected chi connectivity index (χ4v) is 5.63. The van der Waals surface area contributed by atoms with Crippen LogP contribution in [0.3, 0.4) is 0 Å². The Balaban J connectivity index is 1.43. The Kier molecular flexibility index (Phi) is 3.84. The molecule has 3 aromatic heterocycles. The lowest BCUT2D eigenvalue weighted by atomic mass is 9.89. The van der Waals surface area contributed by atoms with Crippen LogP contribution < -0.4 is 15.2 Å². The monoisotopic (exact) mass is 507 g/mol. The highest BCUT2D eigenvalue weighted by Crippen LogP contribution is 2.53. The summed E-state index contributed by atoms with van der Waals surface area (Å²) in [6, 6.07) is 6.79. The fourth-order valence-electron chi connectivity index (χ4n) is 5.63. The van der Waals surface area contributed by atoms with Gasteiger partial charge in [-0.25, -0.2) is 9.50 Å². The van der Waals surface area contributed by atoms with Crippen molar-refractivity contribution >= 4 is 11.6 Å². The number of fused-ring (bicyclic) bond motifs is 10. The highest BCUT2D eigenvalue weighted by molar-refractivity contribution is 5.98. The van der Waals surface area contributed by atoms with Gasteiger partial charge in [0.25, 0.3) is 5.91 Å². The molecular formula is C26H22F2N6O3. The van der Waals surface area contributed by atoms with Gasteiger partial charge in [0.1, 0.15) is 23.8 Å². The average Bonchev–Trinajstić information content (AvgIpc) is 3.49. The molecule has 37 heavy (non-hydrogen) atoms. The molecule has 11 heteroatoms. The molecule has 0 radical (unpaired) electrons. The molecule has 0 saturated carbocycles. The maximum atomic E-state index is 13.6. The summed E-state index contributed by atoms with van der Waals surface area (Å²) in [4.78, 5) is 23.7. The van der Waals surface area contributed by atoms with Gasteiger partial charge in [0.05, 0.1) is 23.0 Å². The number of alkyl halides is 2. The Morgan fingerprint density at radius 3 is 3.00 bits per heavy atom. The minimum Gasteiger partial charge on any atom is -0.489 e. The third-order valence-corrected chi connectivity index (χ3v) is 7.28. The van der Waals surface area contributed by atoms with Gasteiger partial charge in [-0.15, -0.1) is 0 Å². The molecule has 0 spiro atoms. The summed E-state index contributed by atoms with van der Waals surface area (Å²) in [7, 11) is 0. The van der Waals surface area contributed by atoms with E-state index in [0.29, 0.717) is 46.2 Å². The number of pyridine rings is 1. The number of benzene rings is 1. The minimum absolute atomic E-state index is 0.00673. The minimum atomic E-state index is -3.14. The quantitative estimate of drug-likeness (QED) is 0.451. The topological polar surface area (TPSA) is 108 Å². The second kappa shape index (κ2) is 7.45. The largest absolute Gasteiger partial charge is 0.489 e. The first-order valence-corrected chi connectivity index (χ1v) is 11.7. The maximum Gasteiger partial charge on any atom is 0.387 e. The Morgan fingerprint density at radius 1 is 1.32 bits per heavy atom. The van der Waals surface area contributed by atoms with E-state index in [-0.39, 0.29) is 23.3 Å². The number of nitrogens with zero attached hydrogens (tertiary/aromatic N) is 5. The summed E-state index contributed by atoms with van der Waals surface area (Å²) in [5.74, 6) is -1.09. The van der Waals surface area contributed by atoms with Crippen LogP contribution in [0.2, 0.25) is 0 Å². The molecule has 1 aliphatic carbocycles. The van der Waals surface area contributed by atoms with Crippen molar-refractivity contribution in [2.24, 2.45) is 5.73 Å². The molecule has 2 aliphatic heterocycles. The molecule has 2 bridgehead atoms. The summed E-state index contributed by atoms with van der Waals surface area (Å²) in [5.41, 5.74) is 8.90.